The zero-order valence-corrected chi connectivity index (χ0v) is 18.6. The van der Waals surface area contributed by atoms with Crippen molar-refractivity contribution < 1.29 is 19.0 Å². The molecule has 0 aliphatic carbocycles. The van der Waals surface area contributed by atoms with E-state index in [1.807, 2.05) is 56.0 Å². The zero-order valence-electron chi connectivity index (χ0n) is 18.6. The van der Waals surface area contributed by atoms with Crippen molar-refractivity contribution in [3.05, 3.63) is 58.7 Å². The lowest BCUT2D eigenvalue weighted by Gasteiger charge is -2.29. The molecule has 2 amide bonds. The van der Waals surface area contributed by atoms with Crippen molar-refractivity contribution in [1.82, 2.24) is 10.2 Å². The third kappa shape index (κ3) is 5.66. The van der Waals surface area contributed by atoms with Crippen molar-refractivity contribution in [3.63, 3.8) is 0 Å². The Balaban J connectivity index is 1.59. The molecule has 0 spiro atoms. The van der Waals surface area contributed by atoms with E-state index < -0.39 is 0 Å². The van der Waals surface area contributed by atoms with Crippen LogP contribution in [-0.2, 0) is 30.9 Å². The summed E-state index contributed by atoms with van der Waals surface area (Å²) in [6, 6.07) is 12.0. The van der Waals surface area contributed by atoms with Crippen molar-refractivity contribution >= 4 is 6.03 Å². The summed E-state index contributed by atoms with van der Waals surface area (Å²) in [5.74, 6) is 1.41. The lowest BCUT2D eigenvalue weighted by Crippen LogP contribution is -2.42. The highest BCUT2D eigenvalue weighted by Gasteiger charge is 2.22. The molecular formula is C24H32N2O4. The third-order valence-electron chi connectivity index (χ3n) is 5.11. The zero-order chi connectivity index (χ0) is 21.7. The number of hydrogen-bond donors (Lipinski definition) is 1. The Kier molecular flexibility index (Phi) is 6.87. The van der Waals surface area contributed by atoms with Gasteiger partial charge in [-0.15, -0.1) is 0 Å². The Morgan fingerprint density at radius 1 is 1.03 bits per heavy atom. The molecule has 6 heteroatoms. The molecule has 1 heterocycles. The lowest BCUT2D eigenvalue weighted by molar-refractivity contribution is -0.0149. The van der Waals surface area contributed by atoms with Crippen LogP contribution in [-0.4, -0.2) is 37.3 Å². The average molecular weight is 413 g/mol. The molecular weight excluding hydrogens is 380 g/mol. The number of ether oxygens (including phenoxy) is 3. The summed E-state index contributed by atoms with van der Waals surface area (Å²) in [5.41, 5.74) is 4.27. The minimum Gasteiger partial charge on any atom is -0.493 e. The Bertz CT molecular complexity index is 889. The standard InChI is InChI=1S/C24H32N2O4/c1-24(2,3)30-16-18-8-6-7-17(11-18)14-25-23(27)26-10-9-19-12-21(28-4)22(29-5)13-20(19)15-26/h6-8,11-13H,9-10,14-16H2,1-5H3,(H,25,27). The second-order valence-corrected chi connectivity index (χ2v) is 8.53. The van der Waals surface area contributed by atoms with Gasteiger partial charge in [-0.3, -0.25) is 0 Å². The Hall–Kier alpha value is -2.73. The maximum Gasteiger partial charge on any atom is 0.317 e. The minimum atomic E-state index is -0.179. The number of fused-ring (bicyclic) bond motifs is 1. The number of carbonyl (C=O) groups excluding carboxylic acids is 1. The molecule has 30 heavy (non-hydrogen) atoms. The normalized spacial score (nSPS) is 13.6. The van der Waals surface area contributed by atoms with Crippen LogP contribution in [0.25, 0.3) is 0 Å². The van der Waals surface area contributed by atoms with Crippen molar-refractivity contribution in [2.24, 2.45) is 0 Å². The van der Waals surface area contributed by atoms with Crippen molar-refractivity contribution in [1.29, 1.82) is 0 Å². The monoisotopic (exact) mass is 412 g/mol. The van der Waals surface area contributed by atoms with Crippen molar-refractivity contribution in [2.45, 2.75) is 52.5 Å². The first-order chi connectivity index (χ1) is 14.3. The fraction of sp³-hybridized carbons (Fsp3) is 0.458. The smallest absolute Gasteiger partial charge is 0.317 e. The summed E-state index contributed by atoms with van der Waals surface area (Å²) >= 11 is 0. The van der Waals surface area contributed by atoms with Crippen LogP contribution < -0.4 is 14.8 Å². The predicted octanol–water partition coefficient (Wildman–Crippen LogP) is 4.29. The fourth-order valence-corrected chi connectivity index (χ4v) is 3.48. The highest BCUT2D eigenvalue weighted by atomic mass is 16.5. The fourth-order valence-electron chi connectivity index (χ4n) is 3.48. The molecule has 0 aromatic heterocycles. The number of methoxy groups -OCH3 is 2. The Labute approximate surface area is 179 Å². The van der Waals surface area contributed by atoms with Crippen LogP contribution in [0.4, 0.5) is 4.79 Å². The molecule has 1 N–H and O–H groups in total. The molecule has 0 fully saturated rings. The van der Waals surface area contributed by atoms with Crippen LogP contribution >= 0.6 is 0 Å². The molecule has 0 atom stereocenters. The number of benzene rings is 2. The first-order valence-electron chi connectivity index (χ1n) is 10.3. The highest BCUT2D eigenvalue weighted by molar-refractivity contribution is 5.74. The molecule has 162 valence electrons. The minimum absolute atomic E-state index is 0.0632. The van der Waals surface area contributed by atoms with Gasteiger partial charge in [0.15, 0.2) is 11.5 Å². The number of nitrogens with zero attached hydrogens (tertiary/aromatic N) is 1. The Morgan fingerprint density at radius 3 is 2.37 bits per heavy atom. The molecule has 3 rings (SSSR count). The van der Waals surface area contributed by atoms with Crippen LogP contribution in [0.2, 0.25) is 0 Å². The molecule has 0 saturated carbocycles. The van der Waals surface area contributed by atoms with E-state index in [-0.39, 0.29) is 11.6 Å². The van der Waals surface area contributed by atoms with E-state index in [1.165, 1.54) is 5.56 Å². The van der Waals surface area contributed by atoms with Crippen molar-refractivity contribution in [3.8, 4) is 11.5 Å². The van der Waals surface area contributed by atoms with Gasteiger partial charge in [0, 0.05) is 19.6 Å². The van der Waals surface area contributed by atoms with Gasteiger partial charge in [0.25, 0.3) is 0 Å². The second kappa shape index (κ2) is 9.39. The van der Waals surface area contributed by atoms with E-state index in [0.717, 1.165) is 28.9 Å². The number of amides is 2. The predicted molar refractivity (Wildman–Crippen MR) is 117 cm³/mol. The molecule has 1 aliphatic rings. The van der Waals surface area contributed by atoms with Gasteiger partial charge in [-0.2, -0.15) is 0 Å². The van der Waals surface area contributed by atoms with E-state index in [2.05, 4.69) is 11.4 Å². The van der Waals surface area contributed by atoms with Gasteiger partial charge >= 0.3 is 6.03 Å². The molecule has 0 unspecified atom stereocenters. The topological polar surface area (TPSA) is 60.0 Å². The second-order valence-electron chi connectivity index (χ2n) is 8.53. The molecule has 0 radical (unpaired) electrons. The van der Waals surface area contributed by atoms with Crippen LogP contribution in [0.1, 0.15) is 43.0 Å². The number of rotatable bonds is 6. The quantitative estimate of drug-likeness (QED) is 0.769. The van der Waals surface area contributed by atoms with Crippen molar-refractivity contribution in [2.75, 3.05) is 20.8 Å². The lowest BCUT2D eigenvalue weighted by atomic mass is 9.99. The summed E-state index contributed by atoms with van der Waals surface area (Å²) in [6.07, 6.45) is 0.794. The van der Waals surface area contributed by atoms with E-state index >= 15 is 0 Å². The number of hydrogen-bond acceptors (Lipinski definition) is 4. The van der Waals surface area contributed by atoms with Crippen LogP contribution in [0.3, 0.4) is 0 Å². The molecule has 2 aromatic carbocycles. The highest BCUT2D eigenvalue weighted by Crippen LogP contribution is 2.33. The van der Waals surface area contributed by atoms with Gasteiger partial charge < -0.3 is 24.4 Å². The number of nitrogens with one attached hydrogen (secondary N) is 1. The maximum absolute atomic E-state index is 12.7. The average Bonchev–Trinajstić information content (AvgIpc) is 2.74. The first kappa shape index (κ1) is 22.0. The van der Waals surface area contributed by atoms with Gasteiger partial charge in [-0.05, 0) is 61.6 Å². The molecule has 1 aliphatic heterocycles. The van der Waals surface area contributed by atoms with Gasteiger partial charge in [0.05, 0.1) is 26.4 Å². The first-order valence-corrected chi connectivity index (χ1v) is 10.3. The SMILES string of the molecule is COc1cc2c(cc1OC)CN(C(=O)NCc1cccc(COC(C)(C)C)c1)CC2. The number of urea groups is 1. The van der Waals surface area contributed by atoms with Crippen LogP contribution in [0, 0.1) is 0 Å². The summed E-state index contributed by atoms with van der Waals surface area (Å²) < 4.78 is 16.6. The molecule has 0 saturated heterocycles. The van der Waals surface area contributed by atoms with Crippen LogP contribution in [0.15, 0.2) is 36.4 Å². The summed E-state index contributed by atoms with van der Waals surface area (Å²) in [6.45, 7) is 8.39. The maximum atomic E-state index is 12.7. The third-order valence-corrected chi connectivity index (χ3v) is 5.11. The van der Waals surface area contributed by atoms with E-state index in [4.69, 9.17) is 14.2 Å². The van der Waals surface area contributed by atoms with Gasteiger partial charge in [-0.1, -0.05) is 24.3 Å². The largest absolute Gasteiger partial charge is 0.493 e. The van der Waals surface area contributed by atoms with Gasteiger partial charge in [-0.25, -0.2) is 4.79 Å². The summed E-state index contributed by atoms with van der Waals surface area (Å²) in [7, 11) is 3.26. The van der Waals surface area contributed by atoms with E-state index in [9.17, 15) is 4.79 Å². The Morgan fingerprint density at radius 2 is 1.70 bits per heavy atom. The van der Waals surface area contributed by atoms with Gasteiger partial charge in [0.2, 0.25) is 0 Å². The van der Waals surface area contributed by atoms with Crippen LogP contribution in [0.5, 0.6) is 11.5 Å². The van der Waals surface area contributed by atoms with E-state index in [1.54, 1.807) is 14.2 Å². The van der Waals surface area contributed by atoms with E-state index in [0.29, 0.717) is 32.0 Å². The number of carbonyl (C=O) groups is 1. The summed E-state index contributed by atoms with van der Waals surface area (Å²) in [5, 5.41) is 3.04. The molecule has 0 bridgehead atoms. The summed E-state index contributed by atoms with van der Waals surface area (Å²) in [4.78, 5) is 14.6. The molecule has 6 nitrogen and oxygen atoms in total. The molecule has 2 aromatic rings. The van der Waals surface area contributed by atoms with Gasteiger partial charge in [0.1, 0.15) is 0 Å².